The Hall–Kier alpha value is -2.25. The molecule has 0 aliphatic carbocycles. The van der Waals surface area contributed by atoms with E-state index in [1.165, 1.54) is 270 Å². The minimum Gasteiger partial charge on any atom is -0.394 e. The Bertz CT molecular complexity index is 2060. The monoisotopic (exact) mass is 1480 g/mol. The first-order valence-corrected chi connectivity index (χ1v) is 42.9. The zero-order chi connectivity index (χ0) is 75.3. The lowest BCUT2D eigenvalue weighted by Crippen LogP contribution is -2.66. The summed E-state index contributed by atoms with van der Waals surface area (Å²) < 4.78 is 34.5. The lowest BCUT2D eigenvalue weighted by Gasteiger charge is -2.48. The number of carbonyl (C=O) groups excluding carboxylic acids is 1. The Kier molecular flexibility index (Phi) is 60.4. The highest BCUT2D eigenvalue weighted by molar-refractivity contribution is 5.76. The Morgan fingerprint density at radius 2 is 0.635 bits per heavy atom. The van der Waals surface area contributed by atoms with Crippen LogP contribution in [-0.4, -0.2) is 193 Å². The summed E-state index contributed by atoms with van der Waals surface area (Å²) in [5.74, 6) is -0.270. The highest BCUT2D eigenvalue weighted by atomic mass is 16.8. The van der Waals surface area contributed by atoms with Crippen LogP contribution in [-0.2, 0) is 33.2 Å². The van der Waals surface area contributed by atoms with Crippen molar-refractivity contribution in [1.29, 1.82) is 0 Å². The van der Waals surface area contributed by atoms with Gasteiger partial charge in [0.1, 0.15) is 73.2 Å². The molecular weight excluding hydrogens is 1320 g/mol. The van der Waals surface area contributed by atoms with Gasteiger partial charge in [0.25, 0.3) is 0 Å². The molecule has 0 aromatic rings. The number of allylic oxidation sites excluding steroid dienone is 7. The standard InChI is InChI=1S/C85H157NO18/c1-3-5-7-9-11-13-15-17-19-21-23-25-27-29-31-32-33-34-35-36-37-39-41-43-45-47-49-51-53-55-57-59-61-63-73(91)86-68(69(90)62-60-58-56-54-52-50-48-46-44-42-40-38-30-28-26-24-22-20-18-16-14-12-10-8-6-4-2)67-99-83-79(97)76(94)81(71(65-88)101-83)104-85-80(98)77(95)82(72(66-89)102-85)103-84-78(96)75(93)74(92)70(64-87)100-84/h15,17,21,23,27,29,60,62,68-72,74-85,87-90,92-98H,3-14,16,18-20,22,24-26,28,30-59,61,63-67H2,1-2H3,(H,86,91)/b17-15-,23-21-,29-27-,62-60+. The van der Waals surface area contributed by atoms with Gasteiger partial charge in [0.05, 0.1) is 38.6 Å². The van der Waals surface area contributed by atoms with E-state index >= 15 is 0 Å². The van der Waals surface area contributed by atoms with Crippen LogP contribution in [0, 0.1) is 0 Å². The van der Waals surface area contributed by atoms with Crippen molar-refractivity contribution >= 4 is 5.91 Å². The third-order valence-electron chi connectivity index (χ3n) is 21.4. The fourth-order valence-corrected chi connectivity index (χ4v) is 14.5. The number of hydrogen-bond acceptors (Lipinski definition) is 18. The van der Waals surface area contributed by atoms with Crippen molar-refractivity contribution in [3.05, 3.63) is 48.6 Å². The van der Waals surface area contributed by atoms with Gasteiger partial charge < -0.3 is 89.9 Å². The molecule has 0 radical (unpaired) electrons. The number of rotatable bonds is 69. The number of nitrogens with one attached hydrogen (secondary N) is 1. The summed E-state index contributed by atoms with van der Waals surface area (Å²) in [6, 6.07) is -0.975. The van der Waals surface area contributed by atoms with E-state index in [2.05, 4.69) is 55.6 Å². The maximum Gasteiger partial charge on any atom is 0.220 e. The maximum absolute atomic E-state index is 13.5. The molecule has 3 heterocycles. The van der Waals surface area contributed by atoms with E-state index in [0.29, 0.717) is 6.42 Å². The van der Waals surface area contributed by atoms with Crippen LogP contribution < -0.4 is 5.32 Å². The molecule has 17 unspecified atom stereocenters. The van der Waals surface area contributed by atoms with Gasteiger partial charge in [-0.1, -0.05) is 339 Å². The molecule has 0 aromatic carbocycles. The summed E-state index contributed by atoms with van der Waals surface area (Å²) >= 11 is 0. The van der Waals surface area contributed by atoms with Crippen LogP contribution in [0.1, 0.15) is 354 Å². The molecule has 17 atom stereocenters. The lowest BCUT2D eigenvalue weighted by molar-refractivity contribution is -0.379. The maximum atomic E-state index is 13.5. The van der Waals surface area contributed by atoms with Gasteiger partial charge in [-0.3, -0.25) is 4.79 Å². The third kappa shape index (κ3) is 44.6. The molecule has 0 spiro atoms. The van der Waals surface area contributed by atoms with Crippen LogP contribution in [0.15, 0.2) is 48.6 Å². The molecule has 3 fully saturated rings. The smallest absolute Gasteiger partial charge is 0.220 e. The molecule has 19 nitrogen and oxygen atoms in total. The molecule has 0 bridgehead atoms. The van der Waals surface area contributed by atoms with Crippen LogP contribution in [0.2, 0.25) is 0 Å². The minimum atomic E-state index is -1.98. The highest BCUT2D eigenvalue weighted by Crippen LogP contribution is 2.33. The normalized spacial score (nSPS) is 26.1. The number of unbranched alkanes of at least 4 members (excludes halogenated alkanes) is 47. The summed E-state index contributed by atoms with van der Waals surface area (Å²) in [5.41, 5.74) is 0. The minimum absolute atomic E-state index is 0.245. The van der Waals surface area contributed by atoms with Crippen molar-refractivity contribution in [2.24, 2.45) is 0 Å². The number of amides is 1. The Morgan fingerprint density at radius 3 is 0.990 bits per heavy atom. The Balaban J connectivity index is 1.35. The summed E-state index contributed by atoms with van der Waals surface area (Å²) in [7, 11) is 0. The lowest BCUT2D eigenvalue weighted by atomic mass is 9.96. The number of aliphatic hydroxyl groups excluding tert-OH is 11. The quantitative estimate of drug-likeness (QED) is 0.0199. The van der Waals surface area contributed by atoms with Gasteiger partial charge in [0, 0.05) is 6.42 Å². The number of hydrogen-bond donors (Lipinski definition) is 12. The van der Waals surface area contributed by atoms with Crippen LogP contribution in [0.25, 0.3) is 0 Å². The first-order chi connectivity index (χ1) is 50.8. The molecule has 12 N–H and O–H groups in total. The van der Waals surface area contributed by atoms with Crippen LogP contribution >= 0.6 is 0 Å². The van der Waals surface area contributed by atoms with Gasteiger partial charge in [-0.15, -0.1) is 0 Å². The van der Waals surface area contributed by atoms with E-state index in [4.69, 9.17) is 28.4 Å². The van der Waals surface area contributed by atoms with E-state index in [0.717, 1.165) is 57.8 Å². The summed E-state index contributed by atoms with van der Waals surface area (Å²) in [6.45, 7) is 1.78. The second-order valence-corrected chi connectivity index (χ2v) is 30.6. The molecular formula is C85H157NO18. The molecule has 1 amide bonds. The molecule has 3 rings (SSSR count). The van der Waals surface area contributed by atoms with Crippen molar-refractivity contribution in [2.75, 3.05) is 26.4 Å². The molecule has 3 saturated heterocycles. The highest BCUT2D eigenvalue weighted by Gasteiger charge is 2.54. The molecule has 0 aromatic heterocycles. The summed E-state index contributed by atoms with van der Waals surface area (Å²) in [6.07, 6.45) is 56.7. The number of carbonyl (C=O) groups is 1. The Labute approximate surface area is 631 Å². The molecule has 0 saturated carbocycles. The second kappa shape index (κ2) is 65.5. The third-order valence-corrected chi connectivity index (χ3v) is 21.4. The molecule has 3 aliphatic rings. The number of ether oxygens (including phenoxy) is 6. The van der Waals surface area contributed by atoms with Crippen LogP contribution in [0.5, 0.6) is 0 Å². The predicted octanol–water partition coefficient (Wildman–Crippen LogP) is 15.2. The van der Waals surface area contributed by atoms with Gasteiger partial charge >= 0.3 is 0 Å². The fourth-order valence-electron chi connectivity index (χ4n) is 14.5. The zero-order valence-electron chi connectivity index (χ0n) is 65.5. The van der Waals surface area contributed by atoms with E-state index < -0.39 is 124 Å². The average Bonchev–Trinajstić information content (AvgIpc) is 0.783. The first kappa shape index (κ1) is 96.0. The van der Waals surface area contributed by atoms with Gasteiger partial charge in [-0.2, -0.15) is 0 Å². The van der Waals surface area contributed by atoms with Gasteiger partial charge in [0.2, 0.25) is 5.91 Å². The van der Waals surface area contributed by atoms with E-state index in [1.807, 2.05) is 6.08 Å². The molecule has 104 heavy (non-hydrogen) atoms. The van der Waals surface area contributed by atoms with E-state index in [-0.39, 0.29) is 18.9 Å². The van der Waals surface area contributed by atoms with Crippen LogP contribution in [0.4, 0.5) is 0 Å². The van der Waals surface area contributed by atoms with Crippen molar-refractivity contribution < 1.29 is 89.4 Å². The topological polar surface area (TPSA) is 307 Å². The molecule has 3 aliphatic heterocycles. The van der Waals surface area contributed by atoms with Crippen molar-refractivity contribution in [2.45, 2.75) is 458 Å². The SMILES string of the molecule is CCCCCCC/C=C\C/C=C\C/C=C\CCCCCCCCCCCCCCCCCCCCC(=O)NC(COC1OC(CO)C(OC2OC(CO)C(OC3OC(CO)C(O)C(O)C3O)C(O)C2O)C(O)C1O)C(O)/C=C/CCCCCCCCCCCCCCCCCCCCCCCCCC. The molecule has 610 valence electrons. The largest absolute Gasteiger partial charge is 0.394 e. The fraction of sp³-hybridized carbons (Fsp3) is 0.894. The Morgan fingerprint density at radius 1 is 0.346 bits per heavy atom. The van der Waals surface area contributed by atoms with Gasteiger partial charge in [0.15, 0.2) is 18.9 Å². The molecule has 19 heteroatoms. The van der Waals surface area contributed by atoms with Gasteiger partial charge in [-0.05, 0) is 57.8 Å². The van der Waals surface area contributed by atoms with Gasteiger partial charge in [-0.25, -0.2) is 0 Å². The average molecular weight is 1480 g/mol. The van der Waals surface area contributed by atoms with E-state index in [1.54, 1.807) is 6.08 Å². The first-order valence-electron chi connectivity index (χ1n) is 42.9. The zero-order valence-corrected chi connectivity index (χ0v) is 65.5. The number of aliphatic hydroxyl groups is 11. The van der Waals surface area contributed by atoms with Crippen molar-refractivity contribution in [1.82, 2.24) is 5.32 Å². The second-order valence-electron chi connectivity index (χ2n) is 30.6. The van der Waals surface area contributed by atoms with E-state index in [9.17, 15) is 61.0 Å². The summed E-state index contributed by atoms with van der Waals surface area (Å²) in [4.78, 5) is 13.5. The summed E-state index contributed by atoms with van der Waals surface area (Å²) in [5, 5.41) is 121. The van der Waals surface area contributed by atoms with Crippen LogP contribution in [0.3, 0.4) is 0 Å². The predicted molar refractivity (Wildman–Crippen MR) is 416 cm³/mol. The van der Waals surface area contributed by atoms with Crippen molar-refractivity contribution in [3.63, 3.8) is 0 Å². The van der Waals surface area contributed by atoms with Crippen molar-refractivity contribution in [3.8, 4) is 0 Å².